The van der Waals surface area contributed by atoms with E-state index in [2.05, 4.69) is 15.3 Å². The van der Waals surface area contributed by atoms with Crippen LogP contribution in [0.2, 0.25) is 0 Å². The van der Waals surface area contributed by atoms with Crippen LogP contribution in [0.25, 0.3) is 11.5 Å². The van der Waals surface area contributed by atoms with E-state index < -0.39 is 5.97 Å². The summed E-state index contributed by atoms with van der Waals surface area (Å²) in [5.74, 6) is 1.04. The monoisotopic (exact) mass is 330 g/mol. The van der Waals surface area contributed by atoms with Crippen molar-refractivity contribution in [3.8, 4) is 11.5 Å². The molecule has 3 N–H and O–H groups in total. The third-order valence-electron chi connectivity index (χ3n) is 4.19. The molecule has 7 heteroatoms. The lowest BCUT2D eigenvalue weighted by Gasteiger charge is -2.16. The number of ether oxygens (including phenoxy) is 1. The van der Waals surface area contributed by atoms with Crippen LogP contribution in [0.3, 0.4) is 0 Å². The molecule has 0 radical (unpaired) electrons. The molecule has 0 unspecified atom stereocenters. The van der Waals surface area contributed by atoms with Crippen molar-refractivity contribution in [2.75, 3.05) is 24.2 Å². The molecule has 0 saturated heterocycles. The lowest BCUT2D eigenvalue weighted by molar-refractivity contribution is 0.0527. The summed E-state index contributed by atoms with van der Waals surface area (Å²) in [6.45, 7) is 2.78. The topological polar surface area (TPSA) is 103 Å². The molecule has 0 atom stereocenters. The summed E-state index contributed by atoms with van der Waals surface area (Å²) in [5.41, 5.74) is 6.45. The van der Waals surface area contributed by atoms with E-state index in [1.165, 1.54) is 31.9 Å². The quantitative estimate of drug-likeness (QED) is 0.784. The van der Waals surface area contributed by atoms with Gasteiger partial charge in [-0.05, 0) is 37.8 Å². The van der Waals surface area contributed by atoms with Gasteiger partial charge in [0.15, 0.2) is 5.76 Å². The number of hydrogen-bond acceptors (Lipinski definition) is 7. The highest BCUT2D eigenvalue weighted by Gasteiger charge is 2.25. The third kappa shape index (κ3) is 3.50. The van der Waals surface area contributed by atoms with E-state index in [9.17, 15) is 4.79 Å². The maximum absolute atomic E-state index is 12.5. The Hall–Kier alpha value is -2.57. The van der Waals surface area contributed by atoms with Gasteiger partial charge < -0.3 is 20.2 Å². The summed E-state index contributed by atoms with van der Waals surface area (Å²) in [6, 6.07) is 3.46. The predicted octanol–water partition coefficient (Wildman–Crippen LogP) is 3.10. The molecule has 0 spiro atoms. The molecule has 128 valence electrons. The summed E-state index contributed by atoms with van der Waals surface area (Å²) in [5, 5.41) is 3.26. The molecule has 0 aliphatic heterocycles. The van der Waals surface area contributed by atoms with Crippen molar-refractivity contribution in [3.63, 3.8) is 0 Å². The van der Waals surface area contributed by atoms with Gasteiger partial charge in [-0.25, -0.2) is 9.78 Å². The molecule has 1 fully saturated rings. The summed E-state index contributed by atoms with van der Waals surface area (Å²) in [6.07, 6.45) is 6.40. The van der Waals surface area contributed by atoms with E-state index >= 15 is 0 Å². The van der Waals surface area contributed by atoms with Crippen molar-refractivity contribution in [1.82, 2.24) is 9.97 Å². The zero-order chi connectivity index (χ0) is 16.9. The largest absolute Gasteiger partial charge is 0.463 e. The Morgan fingerprint density at radius 2 is 2.21 bits per heavy atom. The fourth-order valence-corrected chi connectivity index (χ4v) is 3.05. The highest BCUT2D eigenvalue weighted by molar-refractivity contribution is 6.00. The summed E-state index contributed by atoms with van der Waals surface area (Å²) < 4.78 is 10.6. The van der Waals surface area contributed by atoms with Gasteiger partial charge in [0.1, 0.15) is 17.1 Å². The number of aromatic nitrogens is 2. The first kappa shape index (κ1) is 16.3. The number of anilines is 2. The first-order valence-corrected chi connectivity index (χ1v) is 8.31. The SMILES string of the molecule is CCOC(=O)c1c(NCC2CCCC2)nc(N)nc1-c1ccco1. The fourth-order valence-electron chi connectivity index (χ4n) is 3.05. The smallest absolute Gasteiger partial charge is 0.344 e. The third-order valence-corrected chi connectivity index (χ3v) is 4.19. The second-order valence-corrected chi connectivity index (χ2v) is 5.88. The lowest BCUT2D eigenvalue weighted by atomic mass is 10.1. The van der Waals surface area contributed by atoms with Gasteiger partial charge in [-0.15, -0.1) is 0 Å². The van der Waals surface area contributed by atoms with Gasteiger partial charge in [0.25, 0.3) is 0 Å². The highest BCUT2D eigenvalue weighted by Crippen LogP contribution is 2.30. The predicted molar refractivity (Wildman–Crippen MR) is 90.6 cm³/mol. The molecule has 2 aromatic heterocycles. The summed E-state index contributed by atoms with van der Waals surface area (Å²) in [4.78, 5) is 20.9. The minimum Gasteiger partial charge on any atom is -0.463 e. The molecule has 2 aromatic rings. The molecule has 0 aromatic carbocycles. The number of nitrogen functional groups attached to an aromatic ring is 1. The van der Waals surface area contributed by atoms with Crippen molar-refractivity contribution in [2.45, 2.75) is 32.6 Å². The Kier molecular flexibility index (Phi) is 4.98. The van der Waals surface area contributed by atoms with Crippen molar-refractivity contribution < 1.29 is 13.9 Å². The average molecular weight is 330 g/mol. The highest BCUT2D eigenvalue weighted by atomic mass is 16.5. The van der Waals surface area contributed by atoms with E-state index in [1.54, 1.807) is 19.1 Å². The van der Waals surface area contributed by atoms with Crippen LogP contribution >= 0.6 is 0 Å². The van der Waals surface area contributed by atoms with Crippen molar-refractivity contribution >= 4 is 17.7 Å². The van der Waals surface area contributed by atoms with Crippen LogP contribution in [0.15, 0.2) is 22.8 Å². The van der Waals surface area contributed by atoms with Crippen LogP contribution in [0.1, 0.15) is 43.0 Å². The number of carbonyl (C=O) groups excluding carboxylic acids is 1. The van der Waals surface area contributed by atoms with Gasteiger partial charge in [-0.1, -0.05) is 12.8 Å². The molecule has 24 heavy (non-hydrogen) atoms. The first-order valence-electron chi connectivity index (χ1n) is 8.31. The van der Waals surface area contributed by atoms with E-state index in [0.29, 0.717) is 23.2 Å². The fraction of sp³-hybridized carbons (Fsp3) is 0.471. The Morgan fingerprint density at radius 3 is 2.88 bits per heavy atom. The maximum Gasteiger partial charge on any atom is 0.344 e. The molecular formula is C17H22N4O3. The molecule has 1 saturated carbocycles. The van der Waals surface area contributed by atoms with Gasteiger partial charge in [0.2, 0.25) is 5.95 Å². The van der Waals surface area contributed by atoms with Crippen LogP contribution < -0.4 is 11.1 Å². The Morgan fingerprint density at radius 1 is 1.42 bits per heavy atom. The average Bonchev–Trinajstić information content (AvgIpc) is 3.26. The molecule has 0 bridgehead atoms. The summed E-state index contributed by atoms with van der Waals surface area (Å²) >= 11 is 0. The van der Waals surface area contributed by atoms with Crippen molar-refractivity contribution in [2.24, 2.45) is 5.92 Å². The molecule has 2 heterocycles. The zero-order valence-corrected chi connectivity index (χ0v) is 13.7. The number of nitrogens with zero attached hydrogens (tertiary/aromatic N) is 2. The second kappa shape index (κ2) is 7.33. The minimum atomic E-state index is -0.488. The number of rotatable bonds is 6. The molecule has 0 amide bonds. The summed E-state index contributed by atoms with van der Waals surface area (Å²) in [7, 11) is 0. The van der Waals surface area contributed by atoms with Gasteiger partial charge in [0.05, 0.1) is 12.9 Å². The van der Waals surface area contributed by atoms with Crippen molar-refractivity contribution in [3.05, 3.63) is 24.0 Å². The Balaban J connectivity index is 1.96. The van der Waals surface area contributed by atoms with Gasteiger partial charge in [-0.3, -0.25) is 0 Å². The number of hydrogen-bond donors (Lipinski definition) is 2. The number of esters is 1. The first-order chi connectivity index (χ1) is 11.7. The number of carbonyl (C=O) groups is 1. The van der Waals surface area contributed by atoms with Gasteiger partial charge >= 0.3 is 5.97 Å². The Labute approximate surface area is 140 Å². The molecule has 7 nitrogen and oxygen atoms in total. The Bertz CT molecular complexity index is 694. The van der Waals surface area contributed by atoms with E-state index in [0.717, 1.165) is 6.54 Å². The van der Waals surface area contributed by atoms with E-state index in [-0.39, 0.29) is 18.1 Å². The molecule has 1 aliphatic carbocycles. The number of furan rings is 1. The minimum absolute atomic E-state index is 0.0865. The zero-order valence-electron chi connectivity index (χ0n) is 13.7. The van der Waals surface area contributed by atoms with Crippen LogP contribution in [-0.2, 0) is 4.74 Å². The van der Waals surface area contributed by atoms with E-state index in [1.807, 2.05) is 0 Å². The van der Waals surface area contributed by atoms with Crippen LogP contribution in [0, 0.1) is 5.92 Å². The lowest BCUT2D eigenvalue weighted by Crippen LogP contribution is -2.18. The van der Waals surface area contributed by atoms with Crippen LogP contribution in [0.4, 0.5) is 11.8 Å². The van der Waals surface area contributed by atoms with E-state index in [4.69, 9.17) is 14.9 Å². The molecular weight excluding hydrogens is 308 g/mol. The van der Waals surface area contributed by atoms with Crippen LogP contribution in [0.5, 0.6) is 0 Å². The van der Waals surface area contributed by atoms with Gasteiger partial charge in [0, 0.05) is 6.54 Å². The van der Waals surface area contributed by atoms with Gasteiger partial charge in [-0.2, -0.15) is 4.98 Å². The standard InChI is InChI=1S/C17H22N4O3/c1-2-23-16(22)13-14(12-8-5-9-24-12)20-17(18)21-15(13)19-10-11-6-3-4-7-11/h5,8-9,11H,2-4,6-7,10H2,1H3,(H3,18,19,20,21). The van der Waals surface area contributed by atoms with Crippen molar-refractivity contribution in [1.29, 1.82) is 0 Å². The molecule has 1 aliphatic rings. The number of nitrogens with two attached hydrogens (primary N) is 1. The maximum atomic E-state index is 12.5. The number of nitrogens with one attached hydrogen (secondary N) is 1. The van der Waals surface area contributed by atoms with Crippen LogP contribution in [-0.4, -0.2) is 29.1 Å². The normalized spacial score (nSPS) is 14.7. The second-order valence-electron chi connectivity index (χ2n) is 5.88. The molecule has 3 rings (SSSR count).